The molecule has 0 radical (unpaired) electrons. The molecule has 10 rings (SSSR count). The Morgan fingerprint density at radius 3 is 1.97 bits per heavy atom. The van der Waals surface area contributed by atoms with Crippen LogP contribution in [-0.4, -0.2) is 83.3 Å². The molecule has 60 heavy (non-hydrogen) atoms. The molecule has 17 heteroatoms. The molecule has 1 N–H and O–H groups in total. The van der Waals surface area contributed by atoms with Crippen LogP contribution in [0, 0.1) is 0 Å². The van der Waals surface area contributed by atoms with E-state index in [2.05, 4.69) is 72.6 Å². The summed E-state index contributed by atoms with van der Waals surface area (Å²) in [6.45, 7) is 4.69. The second-order valence-corrected chi connectivity index (χ2v) is 17.3. The van der Waals surface area contributed by atoms with Crippen molar-refractivity contribution >= 4 is 91.3 Å². The quantitative estimate of drug-likeness (QED) is 0.185. The molecule has 8 aromatic rings. The van der Waals surface area contributed by atoms with Gasteiger partial charge in [0.15, 0.2) is 5.13 Å². The largest absolute Gasteiger partial charge is 0.348 e. The van der Waals surface area contributed by atoms with Crippen LogP contribution in [0.25, 0.3) is 54.2 Å². The summed E-state index contributed by atoms with van der Waals surface area (Å²) in [6.07, 6.45) is 12.9. The fraction of sp³-hybridized carbons (Fsp3) is 0.302. The first kappa shape index (κ1) is 41.5. The van der Waals surface area contributed by atoms with Crippen molar-refractivity contribution in [1.82, 2.24) is 43.9 Å². The van der Waals surface area contributed by atoms with Crippen molar-refractivity contribution in [3.05, 3.63) is 126 Å². The van der Waals surface area contributed by atoms with Crippen molar-refractivity contribution < 1.29 is 5.76 Å². The summed E-state index contributed by atoms with van der Waals surface area (Å²) >= 11 is 8.34. The number of benzene rings is 3. The molecule has 0 aliphatic carbocycles. The zero-order valence-electron chi connectivity index (χ0n) is 34.0. The Bertz CT molecular complexity index is 2980. The van der Waals surface area contributed by atoms with Crippen molar-refractivity contribution in [2.75, 3.05) is 38.2 Å². The first-order valence-electron chi connectivity index (χ1n) is 20.0. The maximum atomic E-state index is 12.5. The molecule has 5 aromatic heterocycles. The number of alkyl halides is 1. The molecule has 3 aromatic carbocycles. The van der Waals surface area contributed by atoms with E-state index in [-0.39, 0.29) is 16.7 Å². The number of thiazole rings is 1. The summed E-state index contributed by atoms with van der Waals surface area (Å²) < 4.78 is 21.4. The zero-order valence-corrected chi connectivity index (χ0v) is 37.0. The van der Waals surface area contributed by atoms with Gasteiger partial charge in [-0.1, -0.05) is 55.7 Å². The molecule has 2 aliphatic rings. The van der Waals surface area contributed by atoms with Crippen LogP contribution >= 0.6 is 43.2 Å². The smallest absolute Gasteiger partial charge is 0.260 e. The lowest BCUT2D eigenvalue weighted by molar-refractivity contribution is 0.141. The Labute approximate surface area is 366 Å². The van der Waals surface area contributed by atoms with Gasteiger partial charge in [-0.3, -0.25) is 23.8 Å². The van der Waals surface area contributed by atoms with Gasteiger partial charge in [0.05, 0.1) is 76.8 Å². The molecule has 13 nitrogen and oxygen atoms in total. The van der Waals surface area contributed by atoms with Crippen molar-refractivity contribution in [2.45, 2.75) is 38.1 Å². The van der Waals surface area contributed by atoms with E-state index in [0.29, 0.717) is 27.2 Å². The van der Waals surface area contributed by atoms with Gasteiger partial charge >= 0.3 is 0 Å². The van der Waals surface area contributed by atoms with Crippen LogP contribution in [0.15, 0.2) is 109 Å². The Kier molecular flexibility index (Phi) is 13.4. The number of aryl methyl sites for hydroxylation is 2. The normalized spacial score (nSPS) is 14.8. The summed E-state index contributed by atoms with van der Waals surface area (Å²) in [5.41, 5.74) is 4.68. The van der Waals surface area contributed by atoms with Crippen LogP contribution < -0.4 is 21.6 Å². The highest BCUT2D eigenvalue weighted by Gasteiger charge is 2.27. The van der Waals surface area contributed by atoms with E-state index in [1.807, 2.05) is 42.6 Å². The van der Waals surface area contributed by atoms with E-state index in [1.165, 1.54) is 67.0 Å². The van der Waals surface area contributed by atoms with E-state index < -0.39 is 7.15 Å². The molecule has 2 fully saturated rings. The lowest BCUT2D eigenvalue weighted by Crippen LogP contribution is -2.46. The molecular formula is C43H43Br2FN10O3S. The lowest BCUT2D eigenvalue weighted by atomic mass is 10.0. The minimum Gasteiger partial charge on any atom is -0.348 e. The molecule has 7 heterocycles. The van der Waals surface area contributed by atoms with Crippen molar-refractivity contribution in [2.24, 2.45) is 14.1 Å². The molecule has 310 valence electrons. The molecule has 0 saturated carbocycles. The summed E-state index contributed by atoms with van der Waals surface area (Å²) in [6, 6.07) is 19.5. The van der Waals surface area contributed by atoms with Crippen molar-refractivity contribution in [3.63, 3.8) is 0 Å². The van der Waals surface area contributed by atoms with Gasteiger partial charge in [0, 0.05) is 47.7 Å². The van der Waals surface area contributed by atoms with Crippen LogP contribution in [0.4, 0.5) is 9.52 Å². The van der Waals surface area contributed by atoms with Crippen LogP contribution in [0.5, 0.6) is 0 Å². The number of halogens is 3. The van der Waals surface area contributed by atoms with E-state index >= 15 is 0 Å². The third kappa shape index (κ3) is 9.70. The number of nitrogens with zero attached hydrogens (tertiary/aromatic N) is 9. The first-order chi connectivity index (χ1) is 29.5. The number of hydrogen-bond acceptors (Lipinski definition) is 11. The minimum absolute atomic E-state index is 0.0219. The number of pyridine rings is 1. The molecule has 2 aliphatic heterocycles. The molecule has 0 spiro atoms. The number of likely N-dealkylation sites (tertiary alicyclic amines) is 1. The summed E-state index contributed by atoms with van der Waals surface area (Å²) in [5, 5.41) is 2.95. The van der Waals surface area contributed by atoms with Crippen LogP contribution in [-0.2, 0) is 14.1 Å². The summed E-state index contributed by atoms with van der Waals surface area (Å²) in [4.78, 5) is 65.0. The first-order valence-corrected chi connectivity index (χ1v) is 21.7. The van der Waals surface area contributed by atoms with E-state index in [4.69, 9.17) is 6.35 Å². The van der Waals surface area contributed by atoms with Gasteiger partial charge in [-0.15, -0.1) is 0 Å². The number of anilines is 1. The van der Waals surface area contributed by atoms with Gasteiger partial charge in [-0.05, 0) is 93.4 Å². The highest BCUT2D eigenvalue weighted by molar-refractivity contribution is 9.10. The number of H-pyrrole nitrogens is 1. The van der Waals surface area contributed by atoms with E-state index in [9.17, 15) is 18.8 Å². The van der Waals surface area contributed by atoms with Crippen LogP contribution in [0.2, 0.25) is 0 Å². The molecule has 0 unspecified atom stereocenters. The Morgan fingerprint density at radius 1 is 0.733 bits per heavy atom. The Balaban J connectivity index is 0.000000163. The average Bonchev–Trinajstić information content (AvgIpc) is 3.72. The van der Waals surface area contributed by atoms with E-state index in [1.54, 1.807) is 50.0 Å². The fourth-order valence-electron chi connectivity index (χ4n) is 7.41. The third-order valence-corrected chi connectivity index (χ3v) is 12.7. The van der Waals surface area contributed by atoms with Crippen molar-refractivity contribution in [1.29, 1.82) is 0 Å². The molecule has 0 bridgehead atoms. The minimum atomic E-state index is -1.00. The standard InChI is InChI=1S/C25H28N6OS.C9H7BrN2O.C8H5BrN2O.CH3F/c1-29-16-27-20-6-5-17(13-19(20)24(29)32)21-14-23-22(15-26-21)28-25(33-23)31-11-7-18(8-12-31)30-9-3-2-4-10-30;1-12-5-11-8-3-2-6(10)4-7(8)9(12)13;9-5-1-2-7-6(3-5)8(12)11-4-10-7;1-2/h5-6,13-16,18H,2-4,7-12H2,1H3;2-5H,1H3;1-4H,(H,10,11,12);1H3/i;;;1D. The van der Waals surface area contributed by atoms with Crippen molar-refractivity contribution in [3.8, 4) is 11.3 Å². The predicted octanol–water partition coefficient (Wildman–Crippen LogP) is 8.03. The SMILES string of the molecule is Cn1cnc2ccc(-c3cc4sc(N5CCC(N6CCCCC6)CC5)nc4cn3)cc2c1=O.Cn1cnc2ccc(Br)cc2c1=O.O=c1[nH]cnc2ccc(Br)cc12.[2H]CF. The third-order valence-electron chi connectivity index (χ3n) is 10.6. The number of nitrogens with one attached hydrogen (secondary N) is 1. The highest BCUT2D eigenvalue weighted by Crippen LogP contribution is 2.33. The molecule has 0 amide bonds. The maximum absolute atomic E-state index is 12.5. The monoisotopic (exact) mass is 957 g/mol. The molecule has 2 saturated heterocycles. The van der Waals surface area contributed by atoms with Gasteiger partial charge in [0.1, 0.15) is 5.52 Å². The van der Waals surface area contributed by atoms with Crippen LogP contribution in [0.3, 0.4) is 0 Å². The van der Waals surface area contributed by atoms with Gasteiger partial charge in [-0.25, -0.2) is 19.9 Å². The Morgan fingerprint density at radius 2 is 1.32 bits per heavy atom. The number of aromatic nitrogens is 8. The molecule has 0 atom stereocenters. The van der Waals surface area contributed by atoms with Gasteiger partial charge in [0.25, 0.3) is 16.7 Å². The van der Waals surface area contributed by atoms with Gasteiger partial charge in [0.2, 0.25) is 0 Å². The maximum Gasteiger partial charge on any atom is 0.260 e. The number of aromatic amines is 1. The number of hydrogen-bond donors (Lipinski definition) is 1. The average molecular weight is 960 g/mol. The fourth-order valence-corrected chi connectivity index (χ4v) is 9.16. The molecular weight excluding hydrogens is 915 g/mol. The predicted molar refractivity (Wildman–Crippen MR) is 246 cm³/mol. The highest BCUT2D eigenvalue weighted by atomic mass is 79.9. The lowest BCUT2D eigenvalue weighted by Gasteiger charge is -2.40. The topological polar surface area (TPSA) is 148 Å². The summed E-state index contributed by atoms with van der Waals surface area (Å²) in [5.74, 6) is 0. The van der Waals surface area contributed by atoms with E-state index in [0.717, 1.165) is 60.2 Å². The zero-order chi connectivity index (χ0) is 43.0. The summed E-state index contributed by atoms with van der Waals surface area (Å²) in [7, 11) is 2.41. The van der Waals surface area contributed by atoms with Gasteiger partial charge in [-0.2, -0.15) is 0 Å². The number of rotatable bonds is 3. The Hall–Kier alpha value is -5.23. The van der Waals surface area contributed by atoms with Crippen LogP contribution in [0.1, 0.15) is 33.5 Å². The number of piperidine rings is 2. The van der Waals surface area contributed by atoms with Gasteiger partial charge < -0.3 is 23.9 Å². The number of fused-ring (bicyclic) bond motifs is 4. The second-order valence-electron chi connectivity index (χ2n) is 14.5. The second kappa shape index (κ2) is 19.4.